The van der Waals surface area contributed by atoms with E-state index in [-0.39, 0.29) is 5.91 Å². The highest BCUT2D eigenvalue weighted by Gasteiger charge is 2.14. The molecule has 0 aromatic rings. The summed E-state index contributed by atoms with van der Waals surface area (Å²) in [7, 11) is 0. The van der Waals surface area contributed by atoms with E-state index in [1.807, 2.05) is 0 Å². The van der Waals surface area contributed by atoms with Gasteiger partial charge in [0.1, 0.15) is 0 Å². The van der Waals surface area contributed by atoms with Crippen LogP contribution in [0.25, 0.3) is 0 Å². The van der Waals surface area contributed by atoms with Crippen LogP contribution < -0.4 is 10.6 Å². The fourth-order valence-electron chi connectivity index (χ4n) is 2.18. The molecule has 1 amide bonds. The van der Waals surface area contributed by atoms with Crippen LogP contribution in [0.3, 0.4) is 0 Å². The summed E-state index contributed by atoms with van der Waals surface area (Å²) in [5.41, 5.74) is 0. The number of amides is 1. The van der Waals surface area contributed by atoms with E-state index in [9.17, 15) is 4.79 Å². The van der Waals surface area contributed by atoms with Crippen molar-refractivity contribution in [2.24, 2.45) is 0 Å². The molecule has 0 atom stereocenters. The lowest BCUT2D eigenvalue weighted by atomic mass is 9.95. The topological polar surface area (TPSA) is 41.1 Å². The number of hydrogen-bond acceptors (Lipinski definition) is 2. The van der Waals surface area contributed by atoms with Crippen molar-refractivity contribution in [1.29, 1.82) is 0 Å². The molecular weight excluding hydrogens is 200 g/mol. The van der Waals surface area contributed by atoms with Crippen molar-refractivity contribution in [3.63, 3.8) is 0 Å². The number of nitrogens with one attached hydrogen (secondary N) is 2. The molecule has 0 radical (unpaired) electrons. The van der Waals surface area contributed by atoms with Crippen molar-refractivity contribution in [1.82, 2.24) is 10.6 Å². The molecule has 0 heterocycles. The molecule has 1 saturated carbocycles. The number of carbonyl (C=O) groups is 1. The van der Waals surface area contributed by atoms with Gasteiger partial charge in [0.25, 0.3) is 0 Å². The highest BCUT2D eigenvalue weighted by molar-refractivity contribution is 5.76. The van der Waals surface area contributed by atoms with Crippen molar-refractivity contribution < 1.29 is 4.79 Å². The summed E-state index contributed by atoms with van der Waals surface area (Å²) in [6.07, 6.45) is 9.28. The van der Waals surface area contributed by atoms with Crippen LogP contribution >= 0.6 is 0 Å². The van der Waals surface area contributed by atoms with Crippen molar-refractivity contribution in [3.05, 3.63) is 0 Å². The van der Waals surface area contributed by atoms with E-state index in [0.717, 1.165) is 13.1 Å². The standard InChI is InChI=1S/C13H26N2O/c1-2-3-10-14-11-9-13(16)15-12-7-5-4-6-8-12/h12,14H,2-11H2,1H3,(H,15,16). The first kappa shape index (κ1) is 13.5. The highest BCUT2D eigenvalue weighted by atomic mass is 16.1. The Kier molecular flexibility index (Phi) is 7.23. The fourth-order valence-corrected chi connectivity index (χ4v) is 2.18. The summed E-state index contributed by atoms with van der Waals surface area (Å²) in [5.74, 6) is 0.218. The molecule has 16 heavy (non-hydrogen) atoms. The summed E-state index contributed by atoms with van der Waals surface area (Å²) in [5, 5.41) is 6.42. The quantitative estimate of drug-likeness (QED) is 0.654. The zero-order chi connectivity index (χ0) is 11.6. The van der Waals surface area contributed by atoms with Crippen LogP contribution in [0.4, 0.5) is 0 Å². The van der Waals surface area contributed by atoms with Crippen LogP contribution in [-0.2, 0) is 4.79 Å². The van der Waals surface area contributed by atoms with E-state index in [1.54, 1.807) is 0 Å². The molecule has 94 valence electrons. The molecule has 1 fully saturated rings. The predicted octanol–water partition coefficient (Wildman–Crippen LogP) is 2.22. The molecule has 2 N–H and O–H groups in total. The smallest absolute Gasteiger partial charge is 0.221 e. The maximum atomic E-state index is 11.6. The average molecular weight is 226 g/mol. The maximum Gasteiger partial charge on any atom is 0.221 e. The molecule has 0 spiro atoms. The normalized spacial score (nSPS) is 17.3. The van der Waals surface area contributed by atoms with Gasteiger partial charge in [-0.1, -0.05) is 32.6 Å². The van der Waals surface area contributed by atoms with Crippen LogP contribution in [0.5, 0.6) is 0 Å². The number of unbranched alkanes of at least 4 members (excludes halogenated alkanes) is 1. The van der Waals surface area contributed by atoms with Gasteiger partial charge < -0.3 is 10.6 Å². The Hall–Kier alpha value is -0.570. The van der Waals surface area contributed by atoms with Gasteiger partial charge in [0.15, 0.2) is 0 Å². The molecule has 3 heteroatoms. The summed E-state index contributed by atoms with van der Waals surface area (Å²) in [6.45, 7) is 4.03. The van der Waals surface area contributed by atoms with E-state index in [2.05, 4.69) is 17.6 Å². The molecule has 0 unspecified atom stereocenters. The number of hydrogen-bond donors (Lipinski definition) is 2. The molecule has 1 rings (SSSR count). The number of carbonyl (C=O) groups excluding carboxylic acids is 1. The Balaban J connectivity index is 1.97. The Labute approximate surface area is 99.4 Å². The summed E-state index contributed by atoms with van der Waals surface area (Å²) >= 11 is 0. The summed E-state index contributed by atoms with van der Waals surface area (Å²) < 4.78 is 0. The van der Waals surface area contributed by atoms with Gasteiger partial charge >= 0.3 is 0 Å². The van der Waals surface area contributed by atoms with Crippen LogP contribution in [0, 0.1) is 0 Å². The largest absolute Gasteiger partial charge is 0.353 e. The van der Waals surface area contributed by atoms with E-state index in [4.69, 9.17) is 0 Å². The monoisotopic (exact) mass is 226 g/mol. The Morgan fingerprint density at radius 3 is 2.62 bits per heavy atom. The van der Waals surface area contributed by atoms with Crippen LogP contribution in [0.2, 0.25) is 0 Å². The predicted molar refractivity (Wildman–Crippen MR) is 67.4 cm³/mol. The van der Waals surface area contributed by atoms with Crippen molar-refractivity contribution in [2.75, 3.05) is 13.1 Å². The van der Waals surface area contributed by atoms with E-state index in [0.29, 0.717) is 12.5 Å². The molecule has 0 aliphatic heterocycles. The third-order valence-corrected chi connectivity index (χ3v) is 3.21. The second-order valence-electron chi connectivity index (χ2n) is 4.76. The third-order valence-electron chi connectivity index (χ3n) is 3.21. The second kappa shape index (κ2) is 8.57. The molecule has 0 aromatic heterocycles. The van der Waals surface area contributed by atoms with Crippen LogP contribution in [-0.4, -0.2) is 25.0 Å². The lowest BCUT2D eigenvalue weighted by Gasteiger charge is -2.22. The third kappa shape index (κ3) is 6.11. The van der Waals surface area contributed by atoms with Gasteiger partial charge in [-0.3, -0.25) is 4.79 Å². The van der Waals surface area contributed by atoms with Gasteiger partial charge in [-0.2, -0.15) is 0 Å². The highest BCUT2D eigenvalue weighted by Crippen LogP contribution is 2.17. The van der Waals surface area contributed by atoms with Crippen molar-refractivity contribution in [2.45, 2.75) is 64.3 Å². The molecule has 0 saturated heterocycles. The summed E-state index contributed by atoms with van der Waals surface area (Å²) in [6, 6.07) is 0.455. The number of rotatable bonds is 7. The molecule has 0 aromatic carbocycles. The van der Waals surface area contributed by atoms with E-state index < -0.39 is 0 Å². The lowest BCUT2D eigenvalue weighted by molar-refractivity contribution is -0.121. The lowest BCUT2D eigenvalue weighted by Crippen LogP contribution is -2.37. The molecular formula is C13H26N2O. The maximum absolute atomic E-state index is 11.6. The minimum absolute atomic E-state index is 0.218. The van der Waals surface area contributed by atoms with Gasteiger partial charge in [-0.25, -0.2) is 0 Å². The SMILES string of the molecule is CCCCNCCC(=O)NC1CCCCC1. The Morgan fingerprint density at radius 2 is 1.94 bits per heavy atom. The van der Waals surface area contributed by atoms with Crippen LogP contribution in [0.1, 0.15) is 58.3 Å². The van der Waals surface area contributed by atoms with Gasteiger partial charge in [-0.05, 0) is 25.8 Å². The summed E-state index contributed by atoms with van der Waals surface area (Å²) in [4.78, 5) is 11.6. The Morgan fingerprint density at radius 1 is 1.19 bits per heavy atom. The zero-order valence-corrected chi connectivity index (χ0v) is 10.6. The first-order chi connectivity index (χ1) is 7.83. The first-order valence-electron chi connectivity index (χ1n) is 6.83. The van der Waals surface area contributed by atoms with Gasteiger partial charge in [0.05, 0.1) is 0 Å². The molecule has 1 aliphatic carbocycles. The molecule has 0 bridgehead atoms. The minimum atomic E-state index is 0.218. The zero-order valence-electron chi connectivity index (χ0n) is 10.6. The van der Waals surface area contributed by atoms with Gasteiger partial charge in [0.2, 0.25) is 5.91 Å². The van der Waals surface area contributed by atoms with Crippen molar-refractivity contribution in [3.8, 4) is 0 Å². The van der Waals surface area contributed by atoms with E-state index in [1.165, 1.54) is 44.9 Å². The molecule has 1 aliphatic rings. The van der Waals surface area contributed by atoms with E-state index >= 15 is 0 Å². The van der Waals surface area contributed by atoms with Gasteiger partial charge in [0, 0.05) is 19.0 Å². The molecule has 3 nitrogen and oxygen atoms in total. The first-order valence-corrected chi connectivity index (χ1v) is 6.83. The Bertz CT molecular complexity index is 188. The van der Waals surface area contributed by atoms with Crippen molar-refractivity contribution >= 4 is 5.91 Å². The fraction of sp³-hybridized carbons (Fsp3) is 0.923. The minimum Gasteiger partial charge on any atom is -0.353 e. The van der Waals surface area contributed by atoms with Crippen LogP contribution in [0.15, 0.2) is 0 Å². The van der Waals surface area contributed by atoms with Gasteiger partial charge in [-0.15, -0.1) is 0 Å². The second-order valence-corrected chi connectivity index (χ2v) is 4.76. The average Bonchev–Trinajstić information content (AvgIpc) is 2.30.